The summed E-state index contributed by atoms with van der Waals surface area (Å²) in [6.07, 6.45) is 3.77. The highest BCUT2D eigenvalue weighted by molar-refractivity contribution is 7.92. The van der Waals surface area contributed by atoms with Crippen molar-refractivity contribution in [2.75, 3.05) is 10.8 Å². The van der Waals surface area contributed by atoms with Crippen LogP contribution < -0.4 is 9.62 Å². The predicted octanol–water partition coefficient (Wildman–Crippen LogP) is 6.97. The zero-order valence-corrected chi connectivity index (χ0v) is 26.0. The fourth-order valence-corrected chi connectivity index (χ4v) is 6.95. The summed E-state index contributed by atoms with van der Waals surface area (Å²) >= 11 is 25.2. The van der Waals surface area contributed by atoms with Gasteiger partial charge in [0.15, 0.2) is 0 Å². The Balaban J connectivity index is 1.73. The second-order valence-corrected chi connectivity index (χ2v) is 13.3. The Morgan fingerprint density at radius 3 is 2.12 bits per heavy atom. The Bertz CT molecular complexity index is 1500. The molecule has 1 aliphatic carbocycles. The lowest BCUT2D eigenvalue weighted by molar-refractivity contribution is -0.139. The van der Waals surface area contributed by atoms with Crippen LogP contribution in [0, 0.1) is 0 Å². The molecule has 3 aromatic carbocycles. The van der Waals surface area contributed by atoms with E-state index in [4.69, 9.17) is 46.4 Å². The van der Waals surface area contributed by atoms with Gasteiger partial charge in [-0.3, -0.25) is 13.9 Å². The number of carbonyl (C=O) groups is 2. The minimum Gasteiger partial charge on any atom is -0.352 e. The van der Waals surface area contributed by atoms with E-state index in [-0.39, 0.29) is 39.1 Å². The number of anilines is 1. The van der Waals surface area contributed by atoms with E-state index in [9.17, 15) is 18.0 Å². The monoisotopic (exact) mass is 655 g/mol. The maximum atomic E-state index is 14.1. The number of benzene rings is 3. The fourth-order valence-electron chi connectivity index (χ4n) is 4.72. The summed E-state index contributed by atoms with van der Waals surface area (Å²) in [4.78, 5) is 28.7. The third-order valence-corrected chi connectivity index (χ3v) is 10.3. The van der Waals surface area contributed by atoms with E-state index in [1.807, 2.05) is 0 Å². The molecule has 0 bridgehead atoms. The summed E-state index contributed by atoms with van der Waals surface area (Å²) < 4.78 is 28.6. The number of nitrogens with zero attached hydrogens (tertiary/aromatic N) is 2. The van der Waals surface area contributed by atoms with E-state index in [0.717, 1.165) is 30.0 Å². The largest absolute Gasteiger partial charge is 0.352 e. The molecule has 0 saturated heterocycles. The maximum Gasteiger partial charge on any atom is 0.264 e. The second-order valence-electron chi connectivity index (χ2n) is 9.81. The third kappa shape index (κ3) is 7.48. The molecule has 0 spiro atoms. The molecule has 4 rings (SSSR count). The van der Waals surface area contributed by atoms with Gasteiger partial charge in [-0.25, -0.2) is 8.42 Å². The van der Waals surface area contributed by atoms with Crippen LogP contribution in [-0.2, 0) is 26.2 Å². The van der Waals surface area contributed by atoms with Crippen molar-refractivity contribution in [1.82, 2.24) is 10.2 Å². The summed E-state index contributed by atoms with van der Waals surface area (Å²) in [5, 5.41) is 4.00. The second kappa shape index (κ2) is 13.7. The van der Waals surface area contributed by atoms with E-state index >= 15 is 0 Å². The van der Waals surface area contributed by atoms with Gasteiger partial charge in [0.25, 0.3) is 10.0 Å². The first-order valence-corrected chi connectivity index (χ1v) is 16.0. The van der Waals surface area contributed by atoms with Gasteiger partial charge in [0.2, 0.25) is 11.8 Å². The van der Waals surface area contributed by atoms with E-state index in [0.29, 0.717) is 15.6 Å². The molecule has 1 atom stereocenters. The highest BCUT2D eigenvalue weighted by atomic mass is 35.5. The molecular formula is C29H29Cl4N3O4S. The topological polar surface area (TPSA) is 86.8 Å². The predicted molar refractivity (Wildman–Crippen MR) is 164 cm³/mol. The van der Waals surface area contributed by atoms with Crippen LogP contribution in [0.5, 0.6) is 0 Å². The number of halogens is 4. The van der Waals surface area contributed by atoms with Crippen LogP contribution in [0.4, 0.5) is 5.69 Å². The maximum absolute atomic E-state index is 14.1. The Labute approximate surface area is 260 Å². The van der Waals surface area contributed by atoms with Gasteiger partial charge in [-0.1, -0.05) is 83.5 Å². The molecule has 7 nitrogen and oxygen atoms in total. The first-order chi connectivity index (χ1) is 19.5. The van der Waals surface area contributed by atoms with Gasteiger partial charge in [-0.05, 0) is 62.2 Å². The van der Waals surface area contributed by atoms with Crippen molar-refractivity contribution in [3.8, 4) is 0 Å². The average Bonchev–Trinajstić information content (AvgIpc) is 3.46. The van der Waals surface area contributed by atoms with Crippen molar-refractivity contribution in [2.45, 2.75) is 56.1 Å². The standard InChI is InChI=1S/C29H29Cl4N3O4S/c1-19(29(38)34-20-8-5-6-9-20)35(17-23-24(30)12-7-13-25(23)31)28(37)18-36(21-14-15-26(32)27(33)16-21)41(39,40)22-10-3-2-4-11-22/h2-4,7,10-16,19-20H,5-6,8-9,17-18H2,1H3,(H,34,38)/t19-/m1/s1. The van der Waals surface area contributed by atoms with Crippen molar-refractivity contribution in [3.63, 3.8) is 0 Å². The number of sulfonamides is 1. The molecule has 0 heterocycles. The highest BCUT2D eigenvalue weighted by Crippen LogP contribution is 2.32. The van der Waals surface area contributed by atoms with Gasteiger partial charge in [-0.2, -0.15) is 0 Å². The third-order valence-electron chi connectivity index (χ3n) is 7.06. The summed E-state index contributed by atoms with van der Waals surface area (Å²) in [5.41, 5.74) is 0.576. The summed E-state index contributed by atoms with van der Waals surface area (Å²) in [7, 11) is -4.23. The molecule has 3 aromatic rings. The minimum absolute atomic E-state index is 0.0217. The van der Waals surface area contributed by atoms with Gasteiger partial charge in [0, 0.05) is 28.2 Å². The van der Waals surface area contributed by atoms with Crippen LogP contribution >= 0.6 is 46.4 Å². The molecule has 0 radical (unpaired) electrons. The lowest BCUT2D eigenvalue weighted by Gasteiger charge is -2.33. The molecular weight excluding hydrogens is 628 g/mol. The van der Waals surface area contributed by atoms with Crippen LogP contribution in [0.1, 0.15) is 38.2 Å². The molecule has 218 valence electrons. The summed E-state index contributed by atoms with van der Waals surface area (Å²) in [6.45, 7) is 0.859. The molecule has 1 fully saturated rings. The number of hydrogen-bond donors (Lipinski definition) is 1. The molecule has 1 aliphatic rings. The van der Waals surface area contributed by atoms with Crippen LogP contribution in [0.3, 0.4) is 0 Å². The van der Waals surface area contributed by atoms with E-state index in [2.05, 4.69) is 5.32 Å². The first-order valence-electron chi connectivity index (χ1n) is 13.0. The molecule has 0 aliphatic heterocycles. The molecule has 0 unspecified atom stereocenters. The number of amides is 2. The first kappa shape index (κ1) is 31.4. The fraction of sp³-hybridized carbons (Fsp3) is 0.310. The van der Waals surface area contributed by atoms with Gasteiger partial charge >= 0.3 is 0 Å². The van der Waals surface area contributed by atoms with Gasteiger partial charge in [0.1, 0.15) is 12.6 Å². The van der Waals surface area contributed by atoms with Crippen LogP contribution in [-0.4, -0.2) is 43.8 Å². The lowest BCUT2D eigenvalue weighted by Crippen LogP contribution is -2.52. The van der Waals surface area contributed by atoms with Crippen LogP contribution in [0.2, 0.25) is 20.1 Å². The van der Waals surface area contributed by atoms with Crippen molar-refractivity contribution in [1.29, 1.82) is 0 Å². The van der Waals surface area contributed by atoms with E-state index in [1.165, 1.54) is 35.2 Å². The molecule has 12 heteroatoms. The SMILES string of the molecule is C[C@H](C(=O)NC1CCCC1)N(Cc1c(Cl)cccc1Cl)C(=O)CN(c1ccc(Cl)c(Cl)c1)S(=O)(=O)c1ccccc1. The van der Waals surface area contributed by atoms with Crippen LogP contribution in [0.25, 0.3) is 0 Å². The normalized spacial score (nSPS) is 14.5. The zero-order valence-electron chi connectivity index (χ0n) is 22.2. The Morgan fingerprint density at radius 2 is 1.51 bits per heavy atom. The Kier molecular flexibility index (Phi) is 10.5. The van der Waals surface area contributed by atoms with E-state index in [1.54, 1.807) is 43.3 Å². The van der Waals surface area contributed by atoms with Crippen LogP contribution in [0.15, 0.2) is 71.6 Å². The number of rotatable bonds is 10. The van der Waals surface area contributed by atoms with Crippen molar-refractivity contribution < 1.29 is 18.0 Å². The summed E-state index contributed by atoms with van der Waals surface area (Å²) in [6, 6.07) is 16.0. The molecule has 0 aromatic heterocycles. The Hall–Kier alpha value is -2.49. The van der Waals surface area contributed by atoms with Crippen molar-refractivity contribution in [3.05, 3.63) is 92.4 Å². The van der Waals surface area contributed by atoms with Gasteiger partial charge in [0.05, 0.1) is 20.6 Å². The molecule has 1 N–H and O–H groups in total. The molecule has 41 heavy (non-hydrogen) atoms. The molecule has 2 amide bonds. The smallest absolute Gasteiger partial charge is 0.264 e. The van der Waals surface area contributed by atoms with E-state index < -0.39 is 28.5 Å². The quantitative estimate of drug-likeness (QED) is 0.255. The number of hydrogen-bond acceptors (Lipinski definition) is 4. The lowest BCUT2D eigenvalue weighted by atomic mass is 10.1. The number of carbonyl (C=O) groups excluding carboxylic acids is 2. The highest BCUT2D eigenvalue weighted by Gasteiger charge is 2.34. The minimum atomic E-state index is -4.23. The van der Waals surface area contributed by atoms with Gasteiger partial charge < -0.3 is 10.2 Å². The molecule has 1 saturated carbocycles. The summed E-state index contributed by atoms with van der Waals surface area (Å²) in [5.74, 6) is -0.985. The van der Waals surface area contributed by atoms with Crippen molar-refractivity contribution in [2.24, 2.45) is 0 Å². The average molecular weight is 657 g/mol. The number of nitrogens with one attached hydrogen (secondary N) is 1. The Morgan fingerprint density at radius 1 is 0.878 bits per heavy atom. The van der Waals surface area contributed by atoms with Crippen molar-refractivity contribution >= 4 is 73.9 Å². The van der Waals surface area contributed by atoms with Gasteiger partial charge in [-0.15, -0.1) is 0 Å². The zero-order chi connectivity index (χ0) is 29.7.